The summed E-state index contributed by atoms with van der Waals surface area (Å²) in [7, 11) is 0. The number of rotatable bonds is 7. The molecule has 59 heavy (non-hydrogen) atoms. The summed E-state index contributed by atoms with van der Waals surface area (Å²) in [6.07, 6.45) is 0. The van der Waals surface area contributed by atoms with Gasteiger partial charge in [0.25, 0.3) is 0 Å². The third-order valence-corrected chi connectivity index (χ3v) is 14.1. The minimum absolute atomic E-state index is 0.582. The Morgan fingerprint density at radius 2 is 1.03 bits per heavy atom. The molecule has 0 bridgehead atoms. The SMILES string of the molecule is CC(C)(O)C(C)(C)OSc1cccc2c1-c1cc(-c3ccc(-c4ccc(-c5ccccc5)cc4)cc3)ccc1C21c2ccccc2-n2c3ccccc3c3cccc1c32. The van der Waals surface area contributed by atoms with E-state index in [2.05, 4.69) is 187 Å². The van der Waals surface area contributed by atoms with Gasteiger partial charge in [-0.2, -0.15) is 0 Å². The van der Waals surface area contributed by atoms with Gasteiger partial charge in [0.1, 0.15) is 5.60 Å². The predicted molar refractivity (Wildman–Crippen MR) is 245 cm³/mol. The Kier molecular flexibility index (Phi) is 8.03. The van der Waals surface area contributed by atoms with Crippen molar-refractivity contribution in [3.05, 3.63) is 204 Å². The van der Waals surface area contributed by atoms with Gasteiger partial charge in [-0.1, -0.05) is 158 Å². The summed E-state index contributed by atoms with van der Waals surface area (Å²) in [5.41, 5.74) is 15.8. The van der Waals surface area contributed by atoms with Crippen molar-refractivity contribution < 1.29 is 9.29 Å². The van der Waals surface area contributed by atoms with Gasteiger partial charge in [-0.25, -0.2) is 0 Å². The quantitative estimate of drug-likeness (QED) is 0.164. The van der Waals surface area contributed by atoms with Crippen LogP contribution in [0.3, 0.4) is 0 Å². The van der Waals surface area contributed by atoms with Crippen molar-refractivity contribution in [2.45, 2.75) is 49.2 Å². The molecule has 1 atom stereocenters. The first kappa shape index (κ1) is 36.0. The van der Waals surface area contributed by atoms with E-state index in [1.54, 1.807) is 0 Å². The summed E-state index contributed by atoms with van der Waals surface area (Å²) in [5, 5.41) is 13.6. The van der Waals surface area contributed by atoms with E-state index in [0.29, 0.717) is 0 Å². The van der Waals surface area contributed by atoms with Gasteiger partial charge in [0.2, 0.25) is 0 Å². The number of aliphatic hydroxyl groups is 1. The van der Waals surface area contributed by atoms with Crippen LogP contribution in [0.5, 0.6) is 0 Å². The minimum Gasteiger partial charge on any atom is -0.387 e. The molecule has 0 saturated carbocycles. The first-order chi connectivity index (χ1) is 28.6. The Morgan fingerprint density at radius 1 is 0.492 bits per heavy atom. The fourth-order valence-corrected chi connectivity index (χ4v) is 10.4. The van der Waals surface area contributed by atoms with Crippen LogP contribution in [-0.4, -0.2) is 20.9 Å². The smallest absolute Gasteiger partial charge is 0.106 e. The van der Waals surface area contributed by atoms with Gasteiger partial charge in [0, 0.05) is 33.3 Å². The maximum atomic E-state index is 11.1. The normalized spacial score (nSPS) is 15.4. The lowest BCUT2D eigenvalue weighted by atomic mass is 9.65. The van der Waals surface area contributed by atoms with Gasteiger partial charge in [-0.3, -0.25) is 0 Å². The summed E-state index contributed by atoms with van der Waals surface area (Å²) < 4.78 is 9.07. The lowest BCUT2D eigenvalue weighted by Gasteiger charge is -2.39. The molecular formula is C55H43NO2S. The number of fused-ring (bicyclic) bond motifs is 12. The van der Waals surface area contributed by atoms with Gasteiger partial charge in [-0.15, -0.1) is 0 Å². The van der Waals surface area contributed by atoms with E-state index >= 15 is 0 Å². The van der Waals surface area contributed by atoms with Crippen molar-refractivity contribution in [3.8, 4) is 50.2 Å². The summed E-state index contributed by atoms with van der Waals surface area (Å²) in [5.74, 6) is 0. The van der Waals surface area contributed by atoms with Crippen LogP contribution in [0.15, 0.2) is 187 Å². The average Bonchev–Trinajstić information content (AvgIpc) is 3.76. The molecule has 2 aliphatic rings. The summed E-state index contributed by atoms with van der Waals surface area (Å²) >= 11 is 1.37. The molecule has 0 fully saturated rings. The topological polar surface area (TPSA) is 34.4 Å². The molecule has 1 aromatic heterocycles. The molecule has 1 spiro atoms. The molecule has 9 aromatic rings. The monoisotopic (exact) mass is 781 g/mol. The Hall–Kier alpha value is -6.17. The second kappa shape index (κ2) is 13.2. The molecule has 0 saturated heterocycles. The number of aromatic nitrogens is 1. The molecule has 1 aliphatic carbocycles. The molecule has 1 unspecified atom stereocenters. The van der Waals surface area contributed by atoms with E-state index in [-0.39, 0.29) is 0 Å². The van der Waals surface area contributed by atoms with Crippen LogP contribution in [0.4, 0.5) is 0 Å². The Labute approximate surface area is 349 Å². The fraction of sp³-hybridized carbons (Fsp3) is 0.127. The first-order valence-corrected chi connectivity index (χ1v) is 21.1. The standard InChI is InChI=1S/C55H43NO2S/c1-53(2,57)54(3,4)58-59-50-23-13-19-46-51(50)43-34-40(39-30-28-38(29-31-39)37-26-24-36(25-27-37)35-14-6-5-7-15-35)32-33-44(43)55(46)45-18-9-11-22-49(45)56-48-21-10-8-16-41(48)42-17-12-20-47(55)52(42)56/h5-34,57H,1-4H3. The van der Waals surface area contributed by atoms with Crippen molar-refractivity contribution in [2.75, 3.05) is 0 Å². The van der Waals surface area contributed by atoms with Crippen molar-refractivity contribution in [1.82, 2.24) is 4.57 Å². The van der Waals surface area contributed by atoms with Gasteiger partial charge in [0.15, 0.2) is 0 Å². The maximum Gasteiger partial charge on any atom is 0.106 e. The zero-order valence-electron chi connectivity index (χ0n) is 33.5. The molecular weight excluding hydrogens is 739 g/mol. The highest BCUT2D eigenvalue weighted by Crippen LogP contribution is 2.63. The zero-order chi connectivity index (χ0) is 40.1. The van der Waals surface area contributed by atoms with Crippen LogP contribution in [0.25, 0.3) is 72.0 Å². The second-order valence-electron chi connectivity index (χ2n) is 17.0. The van der Waals surface area contributed by atoms with Crippen LogP contribution in [0.2, 0.25) is 0 Å². The number of para-hydroxylation sites is 3. The predicted octanol–water partition coefficient (Wildman–Crippen LogP) is 14.0. The van der Waals surface area contributed by atoms with Gasteiger partial charge < -0.3 is 13.9 Å². The largest absolute Gasteiger partial charge is 0.387 e. The Morgan fingerprint density at radius 3 is 1.75 bits per heavy atom. The third kappa shape index (κ3) is 5.30. The highest BCUT2D eigenvalue weighted by atomic mass is 32.2. The third-order valence-electron chi connectivity index (χ3n) is 13.1. The summed E-state index contributed by atoms with van der Waals surface area (Å²) in [6, 6.07) is 66.7. The van der Waals surface area contributed by atoms with E-state index in [0.717, 1.165) is 16.0 Å². The van der Waals surface area contributed by atoms with Crippen molar-refractivity contribution in [1.29, 1.82) is 0 Å². The zero-order valence-corrected chi connectivity index (χ0v) is 34.3. The van der Waals surface area contributed by atoms with Gasteiger partial charge in [0.05, 0.1) is 27.7 Å². The highest BCUT2D eigenvalue weighted by Gasteiger charge is 2.51. The Bertz CT molecular complexity index is 3100. The van der Waals surface area contributed by atoms with Gasteiger partial charge >= 0.3 is 0 Å². The van der Waals surface area contributed by atoms with E-state index in [4.69, 9.17) is 4.18 Å². The van der Waals surface area contributed by atoms with Crippen molar-refractivity contribution in [3.63, 3.8) is 0 Å². The molecule has 11 rings (SSSR count). The molecule has 2 heterocycles. The first-order valence-electron chi connectivity index (χ1n) is 20.4. The van der Waals surface area contributed by atoms with Crippen LogP contribution in [0.1, 0.15) is 49.9 Å². The maximum absolute atomic E-state index is 11.1. The average molecular weight is 782 g/mol. The lowest BCUT2D eigenvalue weighted by molar-refractivity contribution is -0.0813. The van der Waals surface area contributed by atoms with E-state index in [1.807, 2.05) is 27.7 Å². The Balaban J connectivity index is 1.10. The van der Waals surface area contributed by atoms with Crippen LogP contribution < -0.4 is 0 Å². The second-order valence-corrected chi connectivity index (χ2v) is 17.8. The summed E-state index contributed by atoms with van der Waals surface area (Å²) in [6.45, 7) is 7.52. The molecule has 4 heteroatoms. The van der Waals surface area contributed by atoms with Crippen LogP contribution >= 0.6 is 12.0 Å². The molecule has 8 aromatic carbocycles. The number of hydrogen-bond acceptors (Lipinski definition) is 3. The van der Waals surface area contributed by atoms with E-state index in [9.17, 15) is 5.11 Å². The summed E-state index contributed by atoms with van der Waals surface area (Å²) in [4.78, 5) is 1.03. The van der Waals surface area contributed by atoms with Gasteiger partial charge in [-0.05, 0) is 113 Å². The van der Waals surface area contributed by atoms with E-state index in [1.165, 1.54) is 95.2 Å². The number of hydrogen-bond donors (Lipinski definition) is 1. The molecule has 1 aliphatic heterocycles. The number of benzene rings is 8. The van der Waals surface area contributed by atoms with Crippen molar-refractivity contribution in [2.24, 2.45) is 0 Å². The lowest BCUT2D eigenvalue weighted by Crippen LogP contribution is -2.45. The van der Waals surface area contributed by atoms with Crippen LogP contribution in [-0.2, 0) is 9.60 Å². The molecule has 0 amide bonds. The highest BCUT2D eigenvalue weighted by molar-refractivity contribution is 7.94. The van der Waals surface area contributed by atoms with Crippen LogP contribution in [0, 0.1) is 0 Å². The molecule has 286 valence electrons. The van der Waals surface area contributed by atoms with Crippen molar-refractivity contribution >= 4 is 33.8 Å². The molecule has 3 nitrogen and oxygen atoms in total. The van der Waals surface area contributed by atoms with E-state index < -0.39 is 16.6 Å². The minimum atomic E-state index is -1.05. The molecule has 0 radical (unpaired) electrons. The fourth-order valence-electron chi connectivity index (χ4n) is 9.47. The number of nitrogens with zero attached hydrogens (tertiary/aromatic N) is 1. The molecule has 1 N–H and O–H groups in total.